The average Bonchev–Trinajstić information content (AvgIpc) is 2.26. The van der Waals surface area contributed by atoms with Crippen LogP contribution in [0.4, 0.5) is 0 Å². The molecule has 1 amide bonds. The predicted octanol–water partition coefficient (Wildman–Crippen LogP) is 3.78. The van der Waals surface area contributed by atoms with E-state index in [1.165, 1.54) is 51.4 Å². The van der Waals surface area contributed by atoms with Gasteiger partial charge < -0.3 is 5.32 Å². The Kier molecular flexibility index (Phi) is 12.5. The summed E-state index contributed by atoms with van der Waals surface area (Å²) in [6, 6.07) is 0. The number of rotatable bonds is 11. The lowest BCUT2D eigenvalue weighted by Crippen LogP contribution is -1.97. The number of unbranched alkanes of at least 4 members (excludes halogenated alkanes) is 8. The van der Waals surface area contributed by atoms with Gasteiger partial charge in [0.1, 0.15) is 0 Å². The summed E-state index contributed by atoms with van der Waals surface area (Å²) in [7, 11) is 0. The van der Waals surface area contributed by atoms with Crippen molar-refractivity contribution in [2.75, 3.05) is 0 Å². The molecule has 0 saturated heterocycles. The van der Waals surface area contributed by atoms with E-state index in [0.29, 0.717) is 6.41 Å². The van der Waals surface area contributed by atoms with Crippen LogP contribution in [-0.4, -0.2) is 6.41 Å². The van der Waals surface area contributed by atoms with Gasteiger partial charge in [0.25, 0.3) is 0 Å². The Balaban J connectivity index is 2.95. The molecule has 0 heterocycles. The molecular weight excluding hydrogens is 186 g/mol. The molecule has 0 aliphatic rings. The SMILES string of the molecule is CCCCCCCCCC/C=C/NC=O. The highest BCUT2D eigenvalue weighted by Crippen LogP contribution is 2.09. The van der Waals surface area contributed by atoms with Gasteiger partial charge in [-0.25, -0.2) is 0 Å². The Hall–Kier alpha value is -0.790. The summed E-state index contributed by atoms with van der Waals surface area (Å²) >= 11 is 0. The minimum absolute atomic E-state index is 0.699. The Bertz CT molecular complexity index is 155. The number of allylic oxidation sites excluding steroid dienone is 1. The van der Waals surface area contributed by atoms with Gasteiger partial charge in [-0.3, -0.25) is 4.79 Å². The second-order valence-electron chi connectivity index (χ2n) is 3.95. The highest BCUT2D eigenvalue weighted by atomic mass is 16.1. The third-order valence-electron chi connectivity index (χ3n) is 2.51. The fourth-order valence-electron chi connectivity index (χ4n) is 1.59. The van der Waals surface area contributed by atoms with Crippen molar-refractivity contribution in [1.82, 2.24) is 5.32 Å². The maximum atomic E-state index is 9.90. The quantitative estimate of drug-likeness (QED) is 0.409. The zero-order valence-electron chi connectivity index (χ0n) is 10.0. The first-order valence-corrected chi connectivity index (χ1v) is 6.26. The van der Waals surface area contributed by atoms with E-state index in [1.54, 1.807) is 6.20 Å². The number of nitrogens with one attached hydrogen (secondary N) is 1. The molecule has 2 nitrogen and oxygen atoms in total. The summed E-state index contributed by atoms with van der Waals surface area (Å²) in [4.78, 5) is 9.90. The molecule has 0 rings (SSSR count). The van der Waals surface area contributed by atoms with Crippen molar-refractivity contribution in [2.45, 2.75) is 64.7 Å². The van der Waals surface area contributed by atoms with E-state index in [1.807, 2.05) is 6.08 Å². The normalized spacial score (nSPS) is 10.7. The fourth-order valence-corrected chi connectivity index (χ4v) is 1.59. The Morgan fingerprint density at radius 2 is 1.53 bits per heavy atom. The van der Waals surface area contributed by atoms with Crippen LogP contribution in [-0.2, 0) is 4.79 Å². The topological polar surface area (TPSA) is 29.1 Å². The molecule has 0 aromatic heterocycles. The highest BCUT2D eigenvalue weighted by Gasteiger charge is 1.89. The molecule has 15 heavy (non-hydrogen) atoms. The summed E-state index contributed by atoms with van der Waals surface area (Å²) in [6.07, 6.45) is 16.3. The minimum Gasteiger partial charge on any atom is -0.336 e. The van der Waals surface area contributed by atoms with E-state index in [4.69, 9.17) is 0 Å². The van der Waals surface area contributed by atoms with E-state index >= 15 is 0 Å². The van der Waals surface area contributed by atoms with Crippen LogP contribution in [0.25, 0.3) is 0 Å². The summed E-state index contributed by atoms with van der Waals surface area (Å²) < 4.78 is 0. The molecule has 0 spiro atoms. The van der Waals surface area contributed by atoms with Crippen LogP contribution in [0.1, 0.15) is 64.7 Å². The van der Waals surface area contributed by atoms with Crippen molar-refractivity contribution in [3.05, 3.63) is 12.3 Å². The van der Waals surface area contributed by atoms with Crippen LogP contribution in [0.15, 0.2) is 12.3 Å². The van der Waals surface area contributed by atoms with Crippen molar-refractivity contribution in [3.63, 3.8) is 0 Å². The molecule has 88 valence electrons. The lowest BCUT2D eigenvalue weighted by molar-refractivity contribution is -0.108. The number of hydrogen-bond acceptors (Lipinski definition) is 1. The van der Waals surface area contributed by atoms with Gasteiger partial charge >= 0.3 is 0 Å². The number of hydrogen-bond donors (Lipinski definition) is 1. The van der Waals surface area contributed by atoms with Gasteiger partial charge in [-0.15, -0.1) is 0 Å². The number of amides is 1. The molecule has 0 aliphatic heterocycles. The Labute approximate surface area is 94.1 Å². The molecule has 0 aromatic rings. The molecule has 0 fully saturated rings. The third-order valence-corrected chi connectivity index (χ3v) is 2.51. The predicted molar refractivity (Wildman–Crippen MR) is 65.6 cm³/mol. The van der Waals surface area contributed by atoms with Crippen LogP contribution in [0.5, 0.6) is 0 Å². The van der Waals surface area contributed by atoms with Crippen molar-refractivity contribution in [2.24, 2.45) is 0 Å². The van der Waals surface area contributed by atoms with Gasteiger partial charge in [0, 0.05) is 0 Å². The summed E-state index contributed by atoms with van der Waals surface area (Å²) in [5, 5.41) is 2.51. The van der Waals surface area contributed by atoms with Gasteiger partial charge in [0.2, 0.25) is 6.41 Å². The molecule has 1 N–H and O–H groups in total. The standard InChI is InChI=1S/C13H25NO/c1-2-3-4-5-6-7-8-9-10-11-12-14-13-15/h11-13H,2-10H2,1H3,(H,14,15)/b12-11+. The van der Waals surface area contributed by atoms with Crippen molar-refractivity contribution in [3.8, 4) is 0 Å². The summed E-state index contributed by atoms with van der Waals surface area (Å²) in [5.41, 5.74) is 0. The fraction of sp³-hybridized carbons (Fsp3) is 0.769. The molecule has 0 unspecified atom stereocenters. The van der Waals surface area contributed by atoms with Crippen LogP contribution in [0.2, 0.25) is 0 Å². The molecule has 0 saturated carbocycles. The summed E-state index contributed by atoms with van der Waals surface area (Å²) in [5.74, 6) is 0. The second-order valence-corrected chi connectivity index (χ2v) is 3.95. The van der Waals surface area contributed by atoms with E-state index in [9.17, 15) is 4.79 Å². The molecule has 0 bridgehead atoms. The van der Waals surface area contributed by atoms with E-state index in [0.717, 1.165) is 6.42 Å². The molecular formula is C13H25NO. The minimum atomic E-state index is 0.699. The van der Waals surface area contributed by atoms with Crippen LogP contribution < -0.4 is 5.32 Å². The largest absolute Gasteiger partial charge is 0.336 e. The van der Waals surface area contributed by atoms with Crippen LogP contribution >= 0.6 is 0 Å². The third kappa shape index (κ3) is 13.2. The Morgan fingerprint density at radius 1 is 0.933 bits per heavy atom. The molecule has 2 heteroatoms. The zero-order valence-corrected chi connectivity index (χ0v) is 10.0. The Morgan fingerprint density at radius 3 is 2.13 bits per heavy atom. The van der Waals surface area contributed by atoms with Crippen LogP contribution in [0, 0.1) is 0 Å². The maximum absolute atomic E-state index is 9.90. The highest BCUT2D eigenvalue weighted by molar-refractivity contribution is 5.47. The van der Waals surface area contributed by atoms with Crippen molar-refractivity contribution >= 4 is 6.41 Å². The second kappa shape index (κ2) is 13.2. The average molecular weight is 211 g/mol. The van der Waals surface area contributed by atoms with Gasteiger partial charge in [-0.1, -0.05) is 57.9 Å². The zero-order chi connectivity index (χ0) is 11.2. The van der Waals surface area contributed by atoms with E-state index in [2.05, 4.69) is 12.2 Å². The van der Waals surface area contributed by atoms with Crippen molar-refractivity contribution < 1.29 is 4.79 Å². The molecule has 0 atom stereocenters. The van der Waals surface area contributed by atoms with Crippen LogP contribution in [0.3, 0.4) is 0 Å². The first kappa shape index (κ1) is 14.2. The molecule has 0 radical (unpaired) electrons. The first-order chi connectivity index (χ1) is 7.41. The van der Waals surface area contributed by atoms with Crippen molar-refractivity contribution in [1.29, 1.82) is 0 Å². The smallest absolute Gasteiger partial charge is 0.211 e. The molecule has 0 aliphatic carbocycles. The summed E-state index contributed by atoms with van der Waals surface area (Å²) in [6.45, 7) is 2.25. The first-order valence-electron chi connectivity index (χ1n) is 6.26. The van der Waals surface area contributed by atoms with Gasteiger partial charge in [0.15, 0.2) is 0 Å². The molecule has 0 aromatic carbocycles. The van der Waals surface area contributed by atoms with E-state index < -0.39 is 0 Å². The van der Waals surface area contributed by atoms with Gasteiger partial charge in [-0.2, -0.15) is 0 Å². The van der Waals surface area contributed by atoms with Gasteiger partial charge in [-0.05, 0) is 19.0 Å². The number of carbonyl (C=O) groups excluding carboxylic acids is 1. The monoisotopic (exact) mass is 211 g/mol. The lowest BCUT2D eigenvalue weighted by atomic mass is 10.1. The number of carbonyl (C=O) groups is 1. The lowest BCUT2D eigenvalue weighted by Gasteiger charge is -1.99. The maximum Gasteiger partial charge on any atom is 0.211 e. The van der Waals surface area contributed by atoms with Gasteiger partial charge in [0.05, 0.1) is 0 Å². The van der Waals surface area contributed by atoms with E-state index in [-0.39, 0.29) is 0 Å².